The van der Waals surface area contributed by atoms with Crippen LogP contribution < -0.4 is 0 Å². The fraction of sp³-hybridized carbons (Fsp3) is 0.225. The second-order valence-electron chi connectivity index (χ2n) is 12.6. The van der Waals surface area contributed by atoms with Gasteiger partial charge in [-0.1, -0.05) is 114 Å². The van der Waals surface area contributed by atoms with Crippen LogP contribution in [0.1, 0.15) is 76.0 Å². The number of rotatable bonds is 6. The van der Waals surface area contributed by atoms with Gasteiger partial charge in [0.15, 0.2) is 0 Å². The quantitative estimate of drug-likeness (QED) is 0.202. The molecule has 2 heterocycles. The molecule has 214 valence electrons. The van der Waals surface area contributed by atoms with Gasteiger partial charge >= 0.3 is 0 Å². The summed E-state index contributed by atoms with van der Waals surface area (Å²) in [5.41, 5.74) is 12.6. The van der Waals surface area contributed by atoms with Crippen molar-refractivity contribution in [2.24, 2.45) is 0 Å². The van der Waals surface area contributed by atoms with E-state index in [4.69, 9.17) is 9.40 Å². The number of para-hydroxylation sites is 3. The van der Waals surface area contributed by atoms with E-state index in [1.54, 1.807) is 0 Å². The number of nitrogens with zero attached hydrogens (tertiary/aromatic N) is 2. The van der Waals surface area contributed by atoms with Gasteiger partial charge in [-0.15, -0.1) is 0 Å². The molecule has 0 atom stereocenters. The predicted octanol–water partition coefficient (Wildman–Crippen LogP) is 11.6. The van der Waals surface area contributed by atoms with Gasteiger partial charge in [0, 0.05) is 16.3 Å². The molecular weight excluding hydrogens is 524 g/mol. The zero-order valence-corrected chi connectivity index (χ0v) is 25.8. The normalized spacial score (nSPS) is 12.1. The largest absolute Gasteiger partial charge is 0.456 e. The smallest absolute Gasteiger partial charge is 0.145 e. The van der Waals surface area contributed by atoms with Crippen molar-refractivity contribution in [3.05, 3.63) is 120 Å². The molecule has 7 aromatic rings. The van der Waals surface area contributed by atoms with Crippen LogP contribution in [-0.2, 0) is 0 Å². The summed E-state index contributed by atoms with van der Waals surface area (Å²) in [7, 11) is 0. The number of imidazole rings is 1. The molecule has 0 bridgehead atoms. The Morgan fingerprint density at radius 2 is 1.26 bits per heavy atom. The number of benzene rings is 5. The highest BCUT2D eigenvalue weighted by molar-refractivity contribution is 6.13. The first-order valence-corrected chi connectivity index (χ1v) is 15.5. The fourth-order valence-electron chi connectivity index (χ4n) is 6.45. The van der Waals surface area contributed by atoms with Crippen molar-refractivity contribution in [2.45, 2.75) is 59.3 Å². The van der Waals surface area contributed by atoms with E-state index in [1.165, 1.54) is 22.4 Å². The van der Waals surface area contributed by atoms with Gasteiger partial charge in [-0.05, 0) is 75.9 Å². The van der Waals surface area contributed by atoms with E-state index in [1.807, 2.05) is 6.07 Å². The van der Waals surface area contributed by atoms with Gasteiger partial charge in [0.05, 0.1) is 16.7 Å². The van der Waals surface area contributed by atoms with Crippen LogP contribution in [0.5, 0.6) is 0 Å². The lowest BCUT2D eigenvalue weighted by Crippen LogP contribution is -2.10. The third-order valence-electron chi connectivity index (χ3n) is 8.71. The van der Waals surface area contributed by atoms with Crippen LogP contribution in [-0.4, -0.2) is 9.55 Å². The lowest BCUT2D eigenvalue weighted by Gasteiger charge is -2.25. The topological polar surface area (TPSA) is 31.0 Å². The highest BCUT2D eigenvalue weighted by atomic mass is 16.3. The highest BCUT2D eigenvalue weighted by Crippen LogP contribution is 2.43. The van der Waals surface area contributed by atoms with Crippen LogP contribution >= 0.6 is 0 Å². The average molecular weight is 563 g/mol. The Bertz CT molecular complexity index is 2080. The number of fused-ring (bicyclic) bond motifs is 4. The van der Waals surface area contributed by atoms with Crippen LogP contribution in [0.15, 0.2) is 108 Å². The molecule has 0 radical (unpaired) electrons. The Hall–Kier alpha value is -4.63. The molecule has 3 nitrogen and oxygen atoms in total. The number of hydrogen-bond donors (Lipinski definition) is 0. The third-order valence-corrected chi connectivity index (χ3v) is 8.71. The van der Waals surface area contributed by atoms with Crippen molar-refractivity contribution < 1.29 is 4.42 Å². The maximum Gasteiger partial charge on any atom is 0.145 e. The molecule has 0 N–H and O–H groups in total. The minimum absolute atomic E-state index is 0.345. The molecule has 2 aromatic heterocycles. The van der Waals surface area contributed by atoms with Gasteiger partial charge in [-0.25, -0.2) is 4.98 Å². The second kappa shape index (κ2) is 10.6. The molecule has 43 heavy (non-hydrogen) atoms. The Kier molecular flexibility index (Phi) is 6.69. The Morgan fingerprint density at radius 3 is 1.95 bits per heavy atom. The molecule has 0 aliphatic carbocycles. The molecule has 0 spiro atoms. The van der Waals surface area contributed by atoms with E-state index in [-0.39, 0.29) is 0 Å². The summed E-state index contributed by atoms with van der Waals surface area (Å²) in [5, 5.41) is 2.27. The average Bonchev–Trinajstić information content (AvgIpc) is 3.59. The number of furan rings is 1. The van der Waals surface area contributed by atoms with Crippen LogP contribution in [0.3, 0.4) is 0 Å². The van der Waals surface area contributed by atoms with Gasteiger partial charge in [0.25, 0.3) is 0 Å². The summed E-state index contributed by atoms with van der Waals surface area (Å²) in [5.74, 6) is 2.07. The highest BCUT2D eigenvalue weighted by Gasteiger charge is 2.25. The summed E-state index contributed by atoms with van der Waals surface area (Å²) >= 11 is 0. The van der Waals surface area contributed by atoms with Crippen molar-refractivity contribution in [2.75, 3.05) is 0 Å². The van der Waals surface area contributed by atoms with Crippen molar-refractivity contribution in [1.29, 1.82) is 0 Å². The molecule has 0 unspecified atom stereocenters. The van der Waals surface area contributed by atoms with Crippen LogP contribution in [0.25, 0.3) is 61.2 Å². The molecule has 0 saturated heterocycles. The first-order chi connectivity index (χ1) is 20.8. The molecular formula is C40H38N2O. The first kappa shape index (κ1) is 27.2. The zero-order valence-electron chi connectivity index (χ0n) is 25.8. The van der Waals surface area contributed by atoms with Gasteiger partial charge in [0.2, 0.25) is 0 Å². The summed E-state index contributed by atoms with van der Waals surface area (Å²) in [6.07, 6.45) is 0. The summed E-state index contributed by atoms with van der Waals surface area (Å²) in [6, 6.07) is 36.8. The van der Waals surface area contributed by atoms with Crippen molar-refractivity contribution in [3.8, 4) is 28.2 Å². The van der Waals surface area contributed by atoms with Gasteiger partial charge in [0.1, 0.15) is 17.0 Å². The van der Waals surface area contributed by atoms with E-state index < -0.39 is 0 Å². The minimum Gasteiger partial charge on any atom is -0.456 e. The Balaban J connectivity index is 1.61. The maximum atomic E-state index is 6.53. The number of aromatic nitrogens is 2. The van der Waals surface area contributed by atoms with E-state index in [0.717, 1.165) is 55.5 Å². The van der Waals surface area contributed by atoms with Crippen LogP contribution in [0.4, 0.5) is 0 Å². The van der Waals surface area contributed by atoms with Crippen molar-refractivity contribution in [1.82, 2.24) is 9.55 Å². The molecule has 0 aliphatic rings. The molecule has 5 aromatic carbocycles. The molecule has 3 heteroatoms. The molecule has 0 aliphatic heterocycles. The van der Waals surface area contributed by atoms with Gasteiger partial charge in [-0.3, -0.25) is 4.57 Å². The van der Waals surface area contributed by atoms with Crippen LogP contribution in [0.2, 0.25) is 0 Å². The van der Waals surface area contributed by atoms with Crippen molar-refractivity contribution >= 4 is 33.0 Å². The molecule has 0 fully saturated rings. The molecule has 7 rings (SSSR count). The van der Waals surface area contributed by atoms with Gasteiger partial charge in [-0.2, -0.15) is 0 Å². The van der Waals surface area contributed by atoms with E-state index in [2.05, 4.69) is 143 Å². The lowest BCUT2D eigenvalue weighted by atomic mass is 9.87. The second-order valence-corrected chi connectivity index (χ2v) is 12.6. The maximum absolute atomic E-state index is 6.53. The van der Waals surface area contributed by atoms with Crippen LogP contribution in [0, 0.1) is 0 Å². The zero-order chi connectivity index (χ0) is 29.8. The van der Waals surface area contributed by atoms with E-state index in [0.29, 0.717) is 17.8 Å². The minimum atomic E-state index is 0.345. The SMILES string of the molecule is CC(C)c1cc(C(C)C)c(-n2c(-c3cc(-c4ccccc4)c4c(c3)oc3ccccc34)nc3ccccc32)c(C(C)C)c1. The third kappa shape index (κ3) is 4.55. The predicted molar refractivity (Wildman–Crippen MR) is 181 cm³/mol. The first-order valence-electron chi connectivity index (χ1n) is 15.5. The fourth-order valence-corrected chi connectivity index (χ4v) is 6.45. The summed E-state index contributed by atoms with van der Waals surface area (Å²) < 4.78 is 8.94. The summed E-state index contributed by atoms with van der Waals surface area (Å²) in [4.78, 5) is 5.33. The standard InChI is InChI=1S/C40H38N2O/c1-24(2)28-20-31(25(3)4)39(32(21-28)26(5)6)42-35-18-12-11-17-34(35)41-40(42)29-22-33(27-14-8-7-9-15-27)38-30-16-10-13-19-36(30)43-37(38)23-29/h7-26H,1-6H3. The molecule has 0 amide bonds. The van der Waals surface area contributed by atoms with E-state index in [9.17, 15) is 0 Å². The Morgan fingerprint density at radius 1 is 0.605 bits per heavy atom. The van der Waals surface area contributed by atoms with Crippen molar-refractivity contribution in [3.63, 3.8) is 0 Å². The Labute approximate surface area is 253 Å². The van der Waals surface area contributed by atoms with Gasteiger partial charge < -0.3 is 4.42 Å². The lowest BCUT2D eigenvalue weighted by molar-refractivity contribution is 0.669. The summed E-state index contributed by atoms with van der Waals surface area (Å²) in [6.45, 7) is 13.8. The monoisotopic (exact) mass is 562 g/mol. The van der Waals surface area contributed by atoms with E-state index >= 15 is 0 Å². The number of hydrogen-bond acceptors (Lipinski definition) is 2. The molecule has 0 saturated carbocycles.